The molecule has 2 aromatic carbocycles. The summed E-state index contributed by atoms with van der Waals surface area (Å²) in [6, 6.07) is 13.6. The number of rotatable bonds is 6. The number of aryl methyl sites for hydroxylation is 1. The standard InChI is InChI=1S/C22H19F2N3O3/c1-14-4-9-18(16(10-14)11-25)30-19-20(22(2,23)24)26-13-27(21(19)28)12-15-5-7-17(29-3)8-6-15/h4-10,13H,12H2,1-3H3. The van der Waals surface area contributed by atoms with Crippen LogP contribution in [0, 0.1) is 18.3 Å². The Morgan fingerprint density at radius 2 is 1.90 bits per heavy atom. The smallest absolute Gasteiger partial charge is 0.297 e. The Kier molecular flexibility index (Phi) is 5.83. The predicted molar refractivity (Wildman–Crippen MR) is 106 cm³/mol. The van der Waals surface area contributed by atoms with Gasteiger partial charge in [-0.3, -0.25) is 9.36 Å². The lowest BCUT2D eigenvalue weighted by Gasteiger charge is -2.17. The zero-order valence-electron chi connectivity index (χ0n) is 16.6. The predicted octanol–water partition coefficient (Wildman–Crippen LogP) is 4.38. The number of alkyl halides is 2. The zero-order valence-corrected chi connectivity index (χ0v) is 16.6. The van der Waals surface area contributed by atoms with Crippen LogP contribution in [0.2, 0.25) is 0 Å². The quantitative estimate of drug-likeness (QED) is 0.601. The van der Waals surface area contributed by atoms with E-state index >= 15 is 0 Å². The minimum Gasteiger partial charge on any atom is -0.497 e. The van der Waals surface area contributed by atoms with Crippen molar-refractivity contribution in [3.8, 4) is 23.3 Å². The number of halogens is 2. The van der Waals surface area contributed by atoms with Crippen molar-refractivity contribution in [1.29, 1.82) is 5.26 Å². The second kappa shape index (κ2) is 8.33. The molecular formula is C22H19F2N3O3. The summed E-state index contributed by atoms with van der Waals surface area (Å²) in [6.07, 6.45) is 1.06. The number of hydrogen-bond donors (Lipinski definition) is 0. The van der Waals surface area contributed by atoms with Gasteiger partial charge in [-0.15, -0.1) is 0 Å². The summed E-state index contributed by atoms with van der Waals surface area (Å²) >= 11 is 0. The normalized spacial score (nSPS) is 11.1. The maximum atomic E-state index is 14.1. The fraction of sp³-hybridized carbons (Fsp3) is 0.227. The Bertz CT molecular complexity index is 1160. The number of aromatic nitrogens is 2. The molecule has 154 valence electrons. The largest absolute Gasteiger partial charge is 0.497 e. The van der Waals surface area contributed by atoms with E-state index in [2.05, 4.69) is 4.98 Å². The van der Waals surface area contributed by atoms with Crippen LogP contribution in [-0.4, -0.2) is 16.7 Å². The third kappa shape index (κ3) is 4.46. The van der Waals surface area contributed by atoms with E-state index in [1.165, 1.54) is 17.7 Å². The van der Waals surface area contributed by atoms with Gasteiger partial charge in [0.25, 0.3) is 11.5 Å². The van der Waals surface area contributed by atoms with Gasteiger partial charge in [-0.25, -0.2) is 4.98 Å². The average molecular weight is 411 g/mol. The van der Waals surface area contributed by atoms with Crippen LogP contribution in [0.4, 0.5) is 8.78 Å². The molecule has 0 atom stereocenters. The summed E-state index contributed by atoms with van der Waals surface area (Å²) in [6.45, 7) is 2.51. The highest BCUT2D eigenvalue weighted by atomic mass is 19.3. The van der Waals surface area contributed by atoms with E-state index < -0.39 is 22.9 Å². The Hall–Kier alpha value is -3.73. The van der Waals surface area contributed by atoms with Gasteiger partial charge in [0.1, 0.15) is 17.6 Å². The topological polar surface area (TPSA) is 77.1 Å². The Labute approximate surface area is 171 Å². The van der Waals surface area contributed by atoms with E-state index in [0.29, 0.717) is 12.7 Å². The molecule has 0 amide bonds. The molecule has 6 nitrogen and oxygen atoms in total. The molecule has 0 fully saturated rings. The summed E-state index contributed by atoms with van der Waals surface area (Å²) in [5.74, 6) is -3.36. The fourth-order valence-corrected chi connectivity index (χ4v) is 2.85. The third-order valence-electron chi connectivity index (χ3n) is 4.39. The molecule has 0 radical (unpaired) electrons. The first-order valence-corrected chi connectivity index (χ1v) is 9.02. The lowest BCUT2D eigenvalue weighted by molar-refractivity contribution is 0.0101. The Morgan fingerprint density at radius 3 is 2.50 bits per heavy atom. The van der Waals surface area contributed by atoms with Gasteiger partial charge in [0.05, 0.1) is 25.5 Å². The van der Waals surface area contributed by atoms with E-state index in [1.807, 2.05) is 6.07 Å². The molecule has 0 N–H and O–H groups in total. The molecule has 1 heterocycles. The highest BCUT2D eigenvalue weighted by Gasteiger charge is 2.33. The molecule has 0 unspecified atom stereocenters. The summed E-state index contributed by atoms with van der Waals surface area (Å²) < 4.78 is 40.0. The number of benzene rings is 2. The molecule has 0 aliphatic heterocycles. The monoisotopic (exact) mass is 411 g/mol. The van der Waals surface area contributed by atoms with Gasteiger partial charge in [-0.2, -0.15) is 14.0 Å². The molecule has 0 bridgehead atoms. The van der Waals surface area contributed by atoms with Gasteiger partial charge in [-0.1, -0.05) is 18.2 Å². The fourth-order valence-electron chi connectivity index (χ4n) is 2.85. The summed E-state index contributed by atoms with van der Waals surface area (Å²) in [4.78, 5) is 16.8. The Balaban J connectivity index is 2.06. The maximum absolute atomic E-state index is 14.1. The second-order valence-corrected chi connectivity index (χ2v) is 6.81. The van der Waals surface area contributed by atoms with Crippen LogP contribution in [0.1, 0.15) is 29.3 Å². The van der Waals surface area contributed by atoms with Crippen molar-refractivity contribution in [2.45, 2.75) is 26.3 Å². The molecule has 0 aliphatic carbocycles. The molecule has 8 heteroatoms. The van der Waals surface area contributed by atoms with E-state index in [1.54, 1.807) is 43.3 Å². The third-order valence-corrected chi connectivity index (χ3v) is 4.39. The first kappa shape index (κ1) is 21.0. The first-order chi connectivity index (χ1) is 14.2. The van der Waals surface area contributed by atoms with E-state index in [0.717, 1.165) is 17.5 Å². The van der Waals surface area contributed by atoms with Crippen LogP contribution in [0.15, 0.2) is 53.6 Å². The van der Waals surface area contributed by atoms with E-state index in [4.69, 9.17) is 9.47 Å². The number of hydrogen-bond acceptors (Lipinski definition) is 5. The molecule has 0 saturated carbocycles. The molecule has 3 rings (SSSR count). The van der Waals surface area contributed by atoms with Crippen LogP contribution in [0.5, 0.6) is 17.2 Å². The van der Waals surface area contributed by atoms with Gasteiger partial charge in [0, 0.05) is 6.92 Å². The van der Waals surface area contributed by atoms with E-state index in [9.17, 15) is 18.8 Å². The molecular weight excluding hydrogens is 392 g/mol. The highest BCUT2D eigenvalue weighted by molar-refractivity contribution is 5.47. The minimum atomic E-state index is -3.41. The molecule has 3 aromatic rings. The van der Waals surface area contributed by atoms with Gasteiger partial charge in [0.2, 0.25) is 5.75 Å². The van der Waals surface area contributed by atoms with Crippen molar-refractivity contribution in [2.24, 2.45) is 0 Å². The van der Waals surface area contributed by atoms with Crippen molar-refractivity contribution in [3.05, 3.63) is 81.5 Å². The highest BCUT2D eigenvalue weighted by Crippen LogP contribution is 2.34. The molecule has 1 aromatic heterocycles. The molecule has 0 spiro atoms. The Morgan fingerprint density at radius 1 is 1.20 bits per heavy atom. The lowest BCUT2D eigenvalue weighted by atomic mass is 10.1. The van der Waals surface area contributed by atoms with Gasteiger partial charge in [-0.05, 0) is 42.3 Å². The van der Waals surface area contributed by atoms with Crippen molar-refractivity contribution >= 4 is 0 Å². The van der Waals surface area contributed by atoms with Crippen LogP contribution >= 0.6 is 0 Å². The SMILES string of the molecule is COc1ccc(Cn2cnc(C(C)(F)F)c(Oc3ccc(C)cc3C#N)c2=O)cc1. The number of nitrogens with zero attached hydrogens (tertiary/aromatic N) is 3. The van der Waals surface area contributed by atoms with Crippen molar-refractivity contribution in [1.82, 2.24) is 9.55 Å². The number of ether oxygens (including phenoxy) is 2. The first-order valence-electron chi connectivity index (χ1n) is 9.02. The molecule has 0 saturated heterocycles. The maximum Gasteiger partial charge on any atom is 0.297 e. The lowest BCUT2D eigenvalue weighted by Crippen LogP contribution is -2.27. The zero-order chi connectivity index (χ0) is 21.9. The average Bonchev–Trinajstić information content (AvgIpc) is 2.71. The summed E-state index contributed by atoms with van der Waals surface area (Å²) in [7, 11) is 1.54. The molecule has 30 heavy (non-hydrogen) atoms. The van der Waals surface area contributed by atoms with Gasteiger partial charge < -0.3 is 9.47 Å². The van der Waals surface area contributed by atoms with Gasteiger partial charge >= 0.3 is 0 Å². The number of nitriles is 1. The van der Waals surface area contributed by atoms with Gasteiger partial charge in [0.15, 0.2) is 5.69 Å². The van der Waals surface area contributed by atoms with Crippen LogP contribution < -0.4 is 15.0 Å². The van der Waals surface area contributed by atoms with Crippen LogP contribution in [0.3, 0.4) is 0 Å². The van der Waals surface area contributed by atoms with Crippen molar-refractivity contribution < 1.29 is 18.3 Å². The van der Waals surface area contributed by atoms with Crippen molar-refractivity contribution in [2.75, 3.05) is 7.11 Å². The van der Waals surface area contributed by atoms with E-state index in [-0.39, 0.29) is 17.9 Å². The van der Waals surface area contributed by atoms with Crippen LogP contribution in [-0.2, 0) is 12.5 Å². The summed E-state index contributed by atoms with van der Waals surface area (Å²) in [5.41, 5.74) is 0.104. The summed E-state index contributed by atoms with van der Waals surface area (Å²) in [5, 5.41) is 9.32. The number of methoxy groups -OCH3 is 1. The minimum absolute atomic E-state index is 0.00898. The molecule has 0 aliphatic rings. The second-order valence-electron chi connectivity index (χ2n) is 6.81. The van der Waals surface area contributed by atoms with Crippen LogP contribution in [0.25, 0.3) is 0 Å². The van der Waals surface area contributed by atoms with Crippen molar-refractivity contribution in [3.63, 3.8) is 0 Å².